The minimum Gasteiger partial charge on any atom is -0.224 e. The summed E-state index contributed by atoms with van der Waals surface area (Å²) in [5, 5.41) is 0. The van der Waals surface area contributed by atoms with Gasteiger partial charge in [0.05, 0.1) is 10.6 Å². The van der Waals surface area contributed by atoms with Gasteiger partial charge in [0.1, 0.15) is 0 Å². The third-order valence-corrected chi connectivity index (χ3v) is 4.14. The molecular weight excluding hydrogens is 232 g/mol. The minimum atomic E-state index is -3.29. The summed E-state index contributed by atoms with van der Waals surface area (Å²) in [6.07, 6.45) is 0. The molecule has 0 saturated carbocycles. The quantitative estimate of drug-likeness (QED) is 0.833. The predicted molar refractivity (Wildman–Crippen MR) is 69.3 cm³/mol. The van der Waals surface area contributed by atoms with Gasteiger partial charge in [-0.25, -0.2) is 8.42 Å². The van der Waals surface area contributed by atoms with Gasteiger partial charge in [-0.05, 0) is 18.6 Å². The Morgan fingerprint density at radius 2 is 1.47 bits per heavy atom. The smallest absolute Gasteiger partial charge is 0.178 e. The molecule has 0 aliphatic heterocycles. The van der Waals surface area contributed by atoms with Gasteiger partial charge in [0.25, 0.3) is 0 Å². The Bertz CT molecular complexity index is 601. The molecule has 0 aliphatic rings. The van der Waals surface area contributed by atoms with Gasteiger partial charge in [0, 0.05) is 5.56 Å². The lowest BCUT2D eigenvalue weighted by Gasteiger charge is -2.09. The van der Waals surface area contributed by atoms with Crippen LogP contribution in [-0.2, 0) is 9.84 Å². The summed E-state index contributed by atoms with van der Waals surface area (Å²) in [5.41, 5.74) is 1.64. The van der Waals surface area contributed by atoms with E-state index in [0.29, 0.717) is 4.90 Å². The Hall–Kier alpha value is -1.61. The molecule has 17 heavy (non-hydrogen) atoms. The third kappa shape index (κ3) is 2.39. The highest BCUT2D eigenvalue weighted by atomic mass is 32.2. The molecule has 0 spiro atoms. The summed E-state index contributed by atoms with van der Waals surface area (Å²) >= 11 is 0. The first-order valence-electron chi connectivity index (χ1n) is 5.31. The lowest BCUT2D eigenvalue weighted by molar-refractivity contribution is 0.599. The molecule has 2 aromatic rings. The Balaban J connectivity index is 2.65. The van der Waals surface area contributed by atoms with Crippen LogP contribution in [0.5, 0.6) is 0 Å². The maximum atomic E-state index is 11.9. The molecule has 0 atom stereocenters. The van der Waals surface area contributed by atoms with Crippen molar-refractivity contribution in [2.24, 2.45) is 0 Å². The van der Waals surface area contributed by atoms with Crippen LogP contribution in [0.15, 0.2) is 59.5 Å². The second-order valence-electron chi connectivity index (χ2n) is 3.68. The zero-order chi connectivity index (χ0) is 12.3. The molecule has 0 saturated heterocycles. The third-order valence-electron chi connectivity index (χ3n) is 2.58. The van der Waals surface area contributed by atoms with Crippen LogP contribution in [0.25, 0.3) is 11.1 Å². The van der Waals surface area contributed by atoms with Crippen molar-refractivity contribution in [2.75, 3.05) is 5.75 Å². The molecule has 2 rings (SSSR count). The van der Waals surface area contributed by atoms with Crippen LogP contribution < -0.4 is 0 Å². The van der Waals surface area contributed by atoms with E-state index < -0.39 is 9.84 Å². The van der Waals surface area contributed by atoms with Gasteiger partial charge < -0.3 is 0 Å². The van der Waals surface area contributed by atoms with E-state index in [1.54, 1.807) is 12.1 Å². The molecule has 0 aromatic heterocycles. The first-order chi connectivity index (χ1) is 8.15. The molecule has 1 radical (unpaired) electrons. The van der Waals surface area contributed by atoms with Gasteiger partial charge in [-0.15, -0.1) is 0 Å². The number of hydrogen-bond acceptors (Lipinski definition) is 2. The minimum absolute atomic E-state index is 0.128. The molecule has 0 unspecified atom stereocenters. The summed E-state index contributed by atoms with van der Waals surface area (Å²) in [6, 6.07) is 16.5. The predicted octanol–water partition coefficient (Wildman–Crippen LogP) is 2.96. The highest BCUT2D eigenvalue weighted by molar-refractivity contribution is 7.91. The molecule has 0 aliphatic carbocycles. The largest absolute Gasteiger partial charge is 0.224 e. The second-order valence-corrected chi connectivity index (χ2v) is 5.76. The van der Waals surface area contributed by atoms with E-state index in [1.807, 2.05) is 42.5 Å². The van der Waals surface area contributed by atoms with Crippen molar-refractivity contribution in [1.29, 1.82) is 0 Å². The zero-order valence-electron chi connectivity index (χ0n) is 9.34. The zero-order valence-corrected chi connectivity index (χ0v) is 10.2. The lowest BCUT2D eigenvalue weighted by Crippen LogP contribution is -2.05. The van der Waals surface area contributed by atoms with Crippen LogP contribution in [0.4, 0.5) is 0 Å². The molecule has 0 fully saturated rings. The van der Waals surface area contributed by atoms with Crippen LogP contribution in [-0.4, -0.2) is 14.2 Å². The highest BCUT2D eigenvalue weighted by Gasteiger charge is 2.16. The van der Waals surface area contributed by atoms with Crippen molar-refractivity contribution >= 4 is 9.84 Å². The normalized spacial score (nSPS) is 11.4. The van der Waals surface area contributed by atoms with E-state index in [9.17, 15) is 8.42 Å². The maximum Gasteiger partial charge on any atom is 0.178 e. The summed E-state index contributed by atoms with van der Waals surface area (Å²) < 4.78 is 23.9. The SMILES string of the molecule is [CH2]CS(=O)(=O)c1ccccc1-c1ccccc1. The Labute approximate surface area is 102 Å². The first-order valence-corrected chi connectivity index (χ1v) is 6.97. The average molecular weight is 245 g/mol. The summed E-state index contributed by atoms with van der Waals surface area (Å²) in [7, 11) is -3.29. The van der Waals surface area contributed by atoms with Crippen molar-refractivity contribution in [3.05, 3.63) is 61.5 Å². The molecule has 0 heterocycles. The molecule has 87 valence electrons. The van der Waals surface area contributed by atoms with Crippen LogP contribution in [0.3, 0.4) is 0 Å². The first kappa shape index (κ1) is 11.9. The topological polar surface area (TPSA) is 34.1 Å². The van der Waals surface area contributed by atoms with Crippen molar-refractivity contribution in [3.8, 4) is 11.1 Å². The Morgan fingerprint density at radius 3 is 2.12 bits per heavy atom. The number of rotatable bonds is 3. The van der Waals surface area contributed by atoms with E-state index in [0.717, 1.165) is 11.1 Å². The van der Waals surface area contributed by atoms with Gasteiger partial charge in [-0.2, -0.15) is 0 Å². The van der Waals surface area contributed by atoms with Gasteiger partial charge in [0.15, 0.2) is 9.84 Å². The fraction of sp³-hybridized carbons (Fsp3) is 0.0714. The average Bonchev–Trinajstić information content (AvgIpc) is 2.40. The van der Waals surface area contributed by atoms with Gasteiger partial charge in [-0.1, -0.05) is 48.5 Å². The summed E-state index contributed by atoms with van der Waals surface area (Å²) in [5.74, 6) is -0.128. The standard InChI is InChI=1S/C14H13O2S/c1-2-17(15,16)14-11-7-6-10-13(14)12-8-4-3-5-9-12/h3-11H,1-2H2. The van der Waals surface area contributed by atoms with Gasteiger partial charge >= 0.3 is 0 Å². The monoisotopic (exact) mass is 245 g/mol. The van der Waals surface area contributed by atoms with E-state index in [-0.39, 0.29) is 5.75 Å². The van der Waals surface area contributed by atoms with Crippen LogP contribution in [0.1, 0.15) is 0 Å². The van der Waals surface area contributed by atoms with Gasteiger partial charge in [-0.3, -0.25) is 0 Å². The second kappa shape index (κ2) is 4.72. The Morgan fingerprint density at radius 1 is 0.882 bits per heavy atom. The number of benzene rings is 2. The van der Waals surface area contributed by atoms with Crippen LogP contribution in [0, 0.1) is 6.92 Å². The number of hydrogen-bond donors (Lipinski definition) is 0. The summed E-state index contributed by atoms with van der Waals surface area (Å²) in [4.78, 5) is 0.348. The van der Waals surface area contributed by atoms with Crippen molar-refractivity contribution in [2.45, 2.75) is 4.90 Å². The van der Waals surface area contributed by atoms with E-state index >= 15 is 0 Å². The molecular formula is C14H13O2S. The fourth-order valence-electron chi connectivity index (χ4n) is 1.70. The maximum absolute atomic E-state index is 11.9. The molecule has 3 heteroatoms. The van der Waals surface area contributed by atoms with E-state index in [2.05, 4.69) is 6.92 Å². The molecule has 0 N–H and O–H groups in total. The lowest BCUT2D eigenvalue weighted by atomic mass is 10.1. The van der Waals surface area contributed by atoms with E-state index in [4.69, 9.17) is 0 Å². The summed E-state index contributed by atoms with van der Waals surface area (Å²) in [6.45, 7) is 3.48. The molecule has 2 nitrogen and oxygen atoms in total. The Kier molecular flexibility index (Phi) is 3.29. The van der Waals surface area contributed by atoms with Crippen LogP contribution >= 0.6 is 0 Å². The van der Waals surface area contributed by atoms with Crippen molar-refractivity contribution in [3.63, 3.8) is 0 Å². The number of sulfone groups is 1. The fourth-order valence-corrected chi connectivity index (χ4v) is 2.73. The molecule has 0 bridgehead atoms. The van der Waals surface area contributed by atoms with Crippen molar-refractivity contribution in [1.82, 2.24) is 0 Å². The van der Waals surface area contributed by atoms with Crippen molar-refractivity contribution < 1.29 is 8.42 Å². The van der Waals surface area contributed by atoms with E-state index in [1.165, 1.54) is 0 Å². The molecule has 2 aromatic carbocycles. The highest BCUT2D eigenvalue weighted by Crippen LogP contribution is 2.27. The molecule has 0 amide bonds. The van der Waals surface area contributed by atoms with Gasteiger partial charge in [0.2, 0.25) is 0 Å². The van der Waals surface area contributed by atoms with Crippen LogP contribution in [0.2, 0.25) is 0 Å².